The number of benzene rings is 1. The fourth-order valence-corrected chi connectivity index (χ4v) is 2.24. The Morgan fingerprint density at radius 3 is 2.57 bits per heavy atom. The molecule has 0 spiro atoms. The molecule has 3 rings (SSSR count). The molecule has 2 aromatic heterocycles. The van der Waals surface area contributed by atoms with Gasteiger partial charge in [0.2, 0.25) is 0 Å². The molecule has 8 nitrogen and oxygen atoms in total. The van der Waals surface area contributed by atoms with Crippen LogP contribution >= 0.6 is 0 Å². The first-order valence-electron chi connectivity index (χ1n) is 6.77. The number of nitrogens with one attached hydrogen (secondary N) is 3. The number of H-pyrrole nitrogens is 1. The van der Waals surface area contributed by atoms with E-state index in [2.05, 4.69) is 21.0 Å². The summed E-state index contributed by atoms with van der Waals surface area (Å²) in [6.45, 7) is 0. The first kappa shape index (κ1) is 14.5. The standard InChI is InChI=1S/C15H13N5O3/c1-20-8-10(9-4-2-3-5-12(9)20)14(22)18-19-15(23)11-6-7-13(21)17-16-11/h2-8H,1H3,(H,17,21)(H,18,22)(H,19,23). The van der Waals surface area contributed by atoms with Gasteiger partial charge in [0.25, 0.3) is 17.4 Å². The lowest BCUT2D eigenvalue weighted by Crippen LogP contribution is -2.42. The Hall–Kier alpha value is -3.42. The molecule has 0 unspecified atom stereocenters. The minimum Gasteiger partial charge on any atom is -0.350 e. The Morgan fingerprint density at radius 1 is 1.09 bits per heavy atom. The normalized spacial score (nSPS) is 10.5. The number of aryl methyl sites for hydroxylation is 1. The zero-order valence-electron chi connectivity index (χ0n) is 12.2. The second-order valence-electron chi connectivity index (χ2n) is 4.89. The highest BCUT2D eigenvalue weighted by atomic mass is 16.2. The molecule has 116 valence electrons. The van der Waals surface area contributed by atoms with E-state index >= 15 is 0 Å². The number of hydrogen-bond acceptors (Lipinski definition) is 4. The number of carbonyl (C=O) groups is 2. The van der Waals surface area contributed by atoms with Crippen molar-refractivity contribution in [2.24, 2.45) is 7.05 Å². The molecule has 2 amide bonds. The minimum atomic E-state index is -0.630. The van der Waals surface area contributed by atoms with Crippen LogP contribution in [0, 0.1) is 0 Å². The molecule has 2 heterocycles. The van der Waals surface area contributed by atoms with Gasteiger partial charge >= 0.3 is 0 Å². The van der Waals surface area contributed by atoms with Crippen molar-refractivity contribution < 1.29 is 9.59 Å². The van der Waals surface area contributed by atoms with Gasteiger partial charge in [0.1, 0.15) is 0 Å². The lowest BCUT2D eigenvalue weighted by molar-refractivity contribution is 0.0844. The number of carbonyl (C=O) groups excluding carboxylic acids is 2. The Kier molecular flexibility index (Phi) is 3.63. The number of aromatic amines is 1. The minimum absolute atomic E-state index is 0.0113. The third kappa shape index (κ3) is 2.82. The van der Waals surface area contributed by atoms with Crippen LogP contribution in [0.5, 0.6) is 0 Å². The van der Waals surface area contributed by atoms with Gasteiger partial charge in [-0.15, -0.1) is 0 Å². The maximum atomic E-state index is 12.2. The molecule has 3 N–H and O–H groups in total. The Bertz CT molecular complexity index is 937. The molecule has 1 aromatic carbocycles. The second kappa shape index (κ2) is 5.76. The molecule has 0 saturated carbocycles. The summed E-state index contributed by atoms with van der Waals surface area (Å²) in [5.74, 6) is -1.07. The molecule has 0 saturated heterocycles. The maximum Gasteiger partial charge on any atom is 0.290 e. The van der Waals surface area contributed by atoms with Crippen LogP contribution in [0.25, 0.3) is 10.9 Å². The third-order valence-corrected chi connectivity index (χ3v) is 3.34. The van der Waals surface area contributed by atoms with Crippen molar-refractivity contribution in [2.75, 3.05) is 0 Å². The first-order valence-corrected chi connectivity index (χ1v) is 6.77. The summed E-state index contributed by atoms with van der Waals surface area (Å²) in [6, 6.07) is 9.88. The fraction of sp³-hybridized carbons (Fsp3) is 0.0667. The monoisotopic (exact) mass is 311 g/mol. The van der Waals surface area contributed by atoms with Gasteiger partial charge in [-0.25, -0.2) is 5.10 Å². The topological polar surface area (TPSA) is 109 Å². The summed E-state index contributed by atoms with van der Waals surface area (Å²) in [5, 5.41) is 6.50. The van der Waals surface area contributed by atoms with E-state index < -0.39 is 17.4 Å². The van der Waals surface area contributed by atoms with Gasteiger partial charge in [0.05, 0.1) is 5.56 Å². The van der Waals surface area contributed by atoms with Crippen LogP contribution in [0.3, 0.4) is 0 Å². The van der Waals surface area contributed by atoms with Crippen LogP contribution in [0.2, 0.25) is 0 Å². The van der Waals surface area contributed by atoms with Crippen molar-refractivity contribution in [1.29, 1.82) is 0 Å². The van der Waals surface area contributed by atoms with Crippen LogP contribution in [0.1, 0.15) is 20.8 Å². The van der Waals surface area contributed by atoms with Crippen LogP contribution in [-0.2, 0) is 7.05 Å². The van der Waals surface area contributed by atoms with Crippen molar-refractivity contribution in [1.82, 2.24) is 25.6 Å². The van der Waals surface area contributed by atoms with Gasteiger partial charge in [0.15, 0.2) is 5.69 Å². The quantitative estimate of drug-likeness (QED) is 0.593. The van der Waals surface area contributed by atoms with Crippen molar-refractivity contribution >= 4 is 22.7 Å². The molecule has 0 radical (unpaired) electrons. The van der Waals surface area contributed by atoms with Crippen LogP contribution < -0.4 is 16.4 Å². The number of hydrogen-bond donors (Lipinski definition) is 3. The van der Waals surface area contributed by atoms with E-state index in [0.717, 1.165) is 10.9 Å². The molecule has 0 aliphatic carbocycles. The number of aromatic nitrogens is 3. The lowest BCUT2D eigenvalue weighted by Gasteiger charge is -2.05. The maximum absolute atomic E-state index is 12.2. The average Bonchev–Trinajstić information content (AvgIpc) is 2.90. The highest BCUT2D eigenvalue weighted by Gasteiger charge is 2.15. The number of nitrogens with zero attached hydrogens (tertiary/aromatic N) is 2. The molecule has 0 atom stereocenters. The highest BCUT2D eigenvalue weighted by Crippen LogP contribution is 2.19. The average molecular weight is 311 g/mol. The molecular weight excluding hydrogens is 298 g/mol. The summed E-state index contributed by atoms with van der Waals surface area (Å²) >= 11 is 0. The van der Waals surface area contributed by atoms with Crippen molar-refractivity contribution in [3.05, 3.63) is 64.2 Å². The molecule has 0 aliphatic heterocycles. The van der Waals surface area contributed by atoms with Crippen molar-refractivity contribution in [2.45, 2.75) is 0 Å². The molecule has 0 aliphatic rings. The molecule has 8 heteroatoms. The third-order valence-electron chi connectivity index (χ3n) is 3.34. The summed E-state index contributed by atoms with van der Waals surface area (Å²) in [5.41, 5.74) is 5.52. The van der Waals surface area contributed by atoms with E-state index in [-0.39, 0.29) is 5.69 Å². The zero-order valence-corrected chi connectivity index (χ0v) is 12.2. The summed E-state index contributed by atoms with van der Waals surface area (Å²) in [7, 11) is 1.84. The Labute approximate surface area is 130 Å². The SMILES string of the molecule is Cn1cc(C(=O)NNC(=O)c2ccc(=O)[nH]n2)c2ccccc21. The van der Waals surface area contributed by atoms with Crippen LogP contribution in [0.15, 0.2) is 47.4 Å². The predicted octanol–water partition coefficient (Wildman–Crippen LogP) is 0.336. The van der Waals surface area contributed by atoms with Crippen LogP contribution in [-0.4, -0.2) is 26.6 Å². The van der Waals surface area contributed by atoms with Gasteiger partial charge in [-0.3, -0.25) is 25.2 Å². The molecular formula is C15H13N5O3. The molecule has 23 heavy (non-hydrogen) atoms. The predicted molar refractivity (Wildman–Crippen MR) is 82.7 cm³/mol. The smallest absolute Gasteiger partial charge is 0.290 e. The summed E-state index contributed by atoms with van der Waals surface area (Å²) < 4.78 is 1.83. The summed E-state index contributed by atoms with van der Waals surface area (Å²) in [4.78, 5) is 35.0. The van der Waals surface area contributed by atoms with Crippen molar-refractivity contribution in [3.63, 3.8) is 0 Å². The number of para-hydroxylation sites is 1. The van der Waals surface area contributed by atoms with Gasteiger partial charge in [0, 0.05) is 30.2 Å². The Balaban J connectivity index is 1.75. The number of amides is 2. The Morgan fingerprint density at radius 2 is 1.83 bits per heavy atom. The van der Waals surface area contributed by atoms with Gasteiger partial charge in [-0.2, -0.15) is 5.10 Å². The second-order valence-corrected chi connectivity index (χ2v) is 4.89. The molecule has 0 bridgehead atoms. The van der Waals surface area contributed by atoms with Gasteiger partial charge < -0.3 is 4.57 Å². The lowest BCUT2D eigenvalue weighted by atomic mass is 10.2. The van der Waals surface area contributed by atoms with Crippen molar-refractivity contribution in [3.8, 4) is 0 Å². The van der Waals surface area contributed by atoms with E-state index in [1.54, 1.807) is 6.20 Å². The zero-order chi connectivity index (χ0) is 16.4. The number of rotatable bonds is 2. The van der Waals surface area contributed by atoms with E-state index in [0.29, 0.717) is 5.56 Å². The first-order chi connectivity index (χ1) is 11.1. The molecule has 0 fully saturated rings. The van der Waals surface area contributed by atoms with Gasteiger partial charge in [-0.05, 0) is 12.1 Å². The summed E-state index contributed by atoms with van der Waals surface area (Å²) in [6.07, 6.45) is 1.68. The largest absolute Gasteiger partial charge is 0.350 e. The highest BCUT2D eigenvalue weighted by molar-refractivity contribution is 6.07. The number of hydrazine groups is 1. The van der Waals surface area contributed by atoms with E-state index in [1.807, 2.05) is 35.9 Å². The fourth-order valence-electron chi connectivity index (χ4n) is 2.24. The van der Waals surface area contributed by atoms with E-state index in [1.165, 1.54) is 12.1 Å². The molecule has 3 aromatic rings. The van der Waals surface area contributed by atoms with Crippen LogP contribution in [0.4, 0.5) is 0 Å². The van der Waals surface area contributed by atoms with E-state index in [4.69, 9.17) is 0 Å². The van der Waals surface area contributed by atoms with Gasteiger partial charge in [-0.1, -0.05) is 18.2 Å². The number of fused-ring (bicyclic) bond motifs is 1. The van der Waals surface area contributed by atoms with E-state index in [9.17, 15) is 14.4 Å².